The second-order valence-corrected chi connectivity index (χ2v) is 6.93. The molecule has 0 unspecified atom stereocenters. The monoisotopic (exact) mass is 344 g/mol. The molecule has 1 saturated heterocycles. The van der Waals surface area contributed by atoms with Gasteiger partial charge < -0.3 is 4.90 Å². The maximum Gasteiger partial charge on any atom is 0.265 e. The summed E-state index contributed by atoms with van der Waals surface area (Å²) in [4.78, 5) is 31.2. The topological polar surface area (TPSA) is 88.3 Å². The van der Waals surface area contributed by atoms with Gasteiger partial charge in [-0.1, -0.05) is 0 Å². The van der Waals surface area contributed by atoms with Crippen LogP contribution in [0.15, 0.2) is 23.6 Å². The van der Waals surface area contributed by atoms with Crippen molar-refractivity contribution in [3.05, 3.63) is 51.0 Å². The summed E-state index contributed by atoms with van der Waals surface area (Å²) in [6.45, 7) is 4.52. The van der Waals surface area contributed by atoms with Gasteiger partial charge in [0.1, 0.15) is 5.01 Å². The number of thiazole rings is 1. The first-order chi connectivity index (χ1) is 11.5. The number of carbonyl (C=O) groups is 2. The van der Waals surface area contributed by atoms with E-state index in [-0.39, 0.29) is 11.9 Å². The number of rotatable bonds is 3. The summed E-state index contributed by atoms with van der Waals surface area (Å²) in [5.41, 5.74) is 4.83. The fraction of sp³-hybridized carbons (Fsp3) is 0.353. The number of hydrogen-bond donors (Lipinski definition) is 2. The molecule has 0 radical (unpaired) electrons. The average molecular weight is 344 g/mol. The molecule has 1 aromatic heterocycles. The molecule has 2 heterocycles. The molecule has 0 bridgehead atoms. The Morgan fingerprint density at radius 3 is 2.71 bits per heavy atom. The minimum absolute atomic E-state index is 0.0171. The molecule has 7 heteroatoms. The fourth-order valence-electron chi connectivity index (χ4n) is 3.08. The highest BCUT2D eigenvalue weighted by Crippen LogP contribution is 2.34. The van der Waals surface area contributed by atoms with Crippen LogP contribution in [0.3, 0.4) is 0 Å². The molecule has 3 N–H and O–H groups in total. The third kappa shape index (κ3) is 3.18. The van der Waals surface area contributed by atoms with Crippen molar-refractivity contribution in [2.75, 3.05) is 6.54 Å². The third-order valence-electron chi connectivity index (χ3n) is 4.15. The maximum atomic E-state index is 13.0. The molecule has 1 aliphatic heterocycles. The largest absolute Gasteiger partial charge is 0.329 e. The van der Waals surface area contributed by atoms with E-state index >= 15 is 0 Å². The second kappa shape index (κ2) is 6.70. The number of benzene rings is 1. The lowest BCUT2D eigenvalue weighted by Crippen LogP contribution is -2.32. The van der Waals surface area contributed by atoms with Crippen LogP contribution >= 0.6 is 11.3 Å². The number of hydrazine groups is 1. The zero-order valence-electron chi connectivity index (χ0n) is 13.7. The average Bonchev–Trinajstić information content (AvgIpc) is 3.21. The number of aromatic nitrogens is 1. The molecule has 1 atom stereocenters. The zero-order valence-corrected chi connectivity index (χ0v) is 14.5. The predicted octanol–water partition coefficient (Wildman–Crippen LogP) is 2.34. The van der Waals surface area contributed by atoms with Gasteiger partial charge in [-0.3, -0.25) is 15.0 Å². The summed E-state index contributed by atoms with van der Waals surface area (Å²) in [7, 11) is 0. The normalized spacial score (nSPS) is 17.1. The summed E-state index contributed by atoms with van der Waals surface area (Å²) in [5, 5.41) is 2.98. The van der Waals surface area contributed by atoms with Crippen LogP contribution in [0.5, 0.6) is 0 Å². The van der Waals surface area contributed by atoms with E-state index in [1.54, 1.807) is 29.5 Å². The minimum Gasteiger partial charge on any atom is -0.329 e. The molecule has 2 amide bonds. The minimum atomic E-state index is -0.402. The molecular weight excluding hydrogens is 324 g/mol. The summed E-state index contributed by atoms with van der Waals surface area (Å²) in [6.07, 6.45) is 1.87. The summed E-state index contributed by atoms with van der Waals surface area (Å²) in [6, 6.07) is 5.13. The van der Waals surface area contributed by atoms with Gasteiger partial charge in [-0.2, -0.15) is 0 Å². The Labute approximate surface area is 144 Å². The first-order valence-electron chi connectivity index (χ1n) is 7.85. The molecule has 1 aromatic carbocycles. The van der Waals surface area contributed by atoms with Crippen molar-refractivity contribution in [3.63, 3.8) is 0 Å². The van der Waals surface area contributed by atoms with Crippen molar-refractivity contribution in [3.8, 4) is 0 Å². The molecule has 0 saturated carbocycles. The molecule has 6 nitrogen and oxygen atoms in total. The van der Waals surface area contributed by atoms with Gasteiger partial charge >= 0.3 is 0 Å². The van der Waals surface area contributed by atoms with Crippen molar-refractivity contribution in [2.24, 2.45) is 5.84 Å². The Hall–Kier alpha value is -2.25. The lowest BCUT2D eigenvalue weighted by atomic mass is 10.0. The molecule has 24 heavy (non-hydrogen) atoms. The molecule has 0 aliphatic carbocycles. The van der Waals surface area contributed by atoms with E-state index < -0.39 is 5.91 Å². The Bertz CT molecular complexity index is 787. The first-order valence-corrected chi connectivity index (χ1v) is 8.73. The SMILES string of the molecule is Cc1cc(C(=O)NN)cc(C(=O)N2CCC[C@@H]2c2nc(C)cs2)c1. The molecule has 1 aliphatic rings. The van der Waals surface area contributed by atoms with E-state index in [1.165, 1.54) is 0 Å². The van der Waals surface area contributed by atoms with E-state index in [1.807, 2.05) is 24.1 Å². The third-order valence-corrected chi connectivity index (χ3v) is 5.22. The van der Waals surface area contributed by atoms with Gasteiger partial charge in [-0.15, -0.1) is 11.3 Å². The molecule has 0 spiro atoms. The number of nitrogen functional groups attached to an aromatic ring is 1. The molecule has 2 aromatic rings. The van der Waals surface area contributed by atoms with E-state index in [4.69, 9.17) is 5.84 Å². The molecule has 1 fully saturated rings. The van der Waals surface area contributed by atoms with Gasteiger partial charge in [0.25, 0.3) is 11.8 Å². The number of nitrogens with zero attached hydrogens (tertiary/aromatic N) is 2. The Kier molecular flexibility index (Phi) is 4.64. The number of likely N-dealkylation sites (tertiary alicyclic amines) is 1. The first kappa shape index (κ1) is 16.6. The Morgan fingerprint density at radius 2 is 2.04 bits per heavy atom. The number of nitrogens with two attached hydrogens (primary N) is 1. The molecule has 126 valence electrons. The number of aryl methyl sites for hydroxylation is 2. The van der Waals surface area contributed by atoms with Crippen LogP contribution in [0, 0.1) is 13.8 Å². The van der Waals surface area contributed by atoms with Crippen molar-refractivity contribution in [1.82, 2.24) is 15.3 Å². The van der Waals surface area contributed by atoms with Crippen molar-refractivity contribution < 1.29 is 9.59 Å². The quantitative estimate of drug-likeness (QED) is 0.508. The standard InChI is InChI=1S/C17H20N4O2S/c1-10-6-12(15(22)20-18)8-13(7-10)17(23)21-5-3-4-14(21)16-19-11(2)9-24-16/h6-9,14H,3-5,18H2,1-2H3,(H,20,22)/t14-/m1/s1. The Morgan fingerprint density at radius 1 is 1.29 bits per heavy atom. The van der Waals surface area contributed by atoms with Gasteiger partial charge in [0.05, 0.1) is 6.04 Å². The van der Waals surface area contributed by atoms with E-state index in [0.717, 1.165) is 29.1 Å². The van der Waals surface area contributed by atoms with E-state index in [2.05, 4.69) is 10.4 Å². The van der Waals surface area contributed by atoms with Crippen molar-refractivity contribution in [1.29, 1.82) is 0 Å². The van der Waals surface area contributed by atoms with E-state index in [9.17, 15) is 9.59 Å². The summed E-state index contributed by atoms with van der Waals surface area (Å²) >= 11 is 1.59. The van der Waals surface area contributed by atoms with Crippen LogP contribution in [0.1, 0.15) is 55.9 Å². The van der Waals surface area contributed by atoms with Gasteiger partial charge in [-0.25, -0.2) is 10.8 Å². The van der Waals surface area contributed by atoms with Crippen LogP contribution in [0.25, 0.3) is 0 Å². The predicted molar refractivity (Wildman–Crippen MR) is 92.7 cm³/mol. The van der Waals surface area contributed by atoms with E-state index in [0.29, 0.717) is 17.7 Å². The van der Waals surface area contributed by atoms with Gasteiger partial charge in [0, 0.05) is 28.7 Å². The van der Waals surface area contributed by atoms with Crippen LogP contribution in [0.2, 0.25) is 0 Å². The number of hydrogen-bond acceptors (Lipinski definition) is 5. The highest BCUT2D eigenvalue weighted by Gasteiger charge is 2.32. The van der Waals surface area contributed by atoms with Crippen LogP contribution in [-0.4, -0.2) is 28.2 Å². The van der Waals surface area contributed by atoms with Gasteiger partial charge in [0.15, 0.2) is 0 Å². The summed E-state index contributed by atoms with van der Waals surface area (Å²) < 4.78 is 0. The highest BCUT2D eigenvalue weighted by atomic mass is 32.1. The van der Waals surface area contributed by atoms with Gasteiger partial charge in [0.2, 0.25) is 0 Å². The second-order valence-electron chi connectivity index (χ2n) is 6.04. The van der Waals surface area contributed by atoms with Crippen LogP contribution in [0.4, 0.5) is 0 Å². The lowest BCUT2D eigenvalue weighted by Gasteiger charge is -2.23. The van der Waals surface area contributed by atoms with Crippen molar-refractivity contribution >= 4 is 23.2 Å². The zero-order chi connectivity index (χ0) is 17.3. The van der Waals surface area contributed by atoms with Crippen LogP contribution < -0.4 is 11.3 Å². The summed E-state index contributed by atoms with van der Waals surface area (Å²) in [5.74, 6) is 4.73. The highest BCUT2D eigenvalue weighted by molar-refractivity contribution is 7.09. The number of amides is 2. The smallest absolute Gasteiger partial charge is 0.265 e. The lowest BCUT2D eigenvalue weighted by molar-refractivity contribution is 0.0735. The number of carbonyl (C=O) groups excluding carboxylic acids is 2. The molecular formula is C17H20N4O2S. The van der Waals surface area contributed by atoms with Crippen LogP contribution in [-0.2, 0) is 0 Å². The van der Waals surface area contributed by atoms with Gasteiger partial charge in [-0.05, 0) is 50.5 Å². The maximum absolute atomic E-state index is 13.0. The fourth-order valence-corrected chi connectivity index (χ4v) is 4.02. The number of nitrogens with one attached hydrogen (secondary N) is 1. The van der Waals surface area contributed by atoms with Crippen molar-refractivity contribution in [2.45, 2.75) is 32.7 Å². The molecule has 3 rings (SSSR count). The Balaban J connectivity index is 1.90.